The minimum atomic E-state index is -0.740. The number of rotatable bonds is 3. The Hall–Kier alpha value is -0.323. The molecule has 0 radical (unpaired) electrons. The van der Waals surface area contributed by atoms with Crippen molar-refractivity contribution in [3.05, 3.63) is 35.4 Å². The zero-order valence-corrected chi connectivity index (χ0v) is 10.4. The molecule has 1 saturated carbocycles. The van der Waals surface area contributed by atoms with Crippen LogP contribution in [0.5, 0.6) is 0 Å². The number of hydrogen-bond donors (Lipinski definition) is 0. The molecule has 0 aliphatic heterocycles. The van der Waals surface area contributed by atoms with Gasteiger partial charge in [0.25, 0.3) is 0 Å². The second-order valence-electron chi connectivity index (χ2n) is 5.22. The van der Waals surface area contributed by atoms with Gasteiger partial charge in [0.2, 0.25) is 0 Å². The summed E-state index contributed by atoms with van der Waals surface area (Å²) in [5, 5.41) is 1.10. The van der Waals surface area contributed by atoms with Crippen molar-refractivity contribution in [3.8, 4) is 0 Å². The third-order valence-corrected chi connectivity index (χ3v) is 4.07. The molecule has 1 aromatic rings. The number of halogens is 2. The Balaban J connectivity index is 2.34. The summed E-state index contributed by atoms with van der Waals surface area (Å²) in [5.74, 6) is -1.44. The van der Waals surface area contributed by atoms with E-state index in [0.717, 1.165) is 29.9 Å². The Labute approximate surface area is 111 Å². The Morgan fingerprint density at radius 2 is 1.76 bits per heavy atom. The summed E-state index contributed by atoms with van der Waals surface area (Å²) in [6, 6.07) is 4.46. The molecule has 88 valence electrons. The molecule has 0 saturated heterocycles. The minimum absolute atomic E-state index is 0.0988. The molecule has 0 atom stereocenters. The summed E-state index contributed by atoms with van der Waals surface area (Å²) in [4.78, 5) is 0. The first-order valence-corrected chi connectivity index (χ1v) is 6.63. The van der Waals surface area contributed by atoms with Crippen LogP contribution in [0.4, 0.5) is 8.78 Å². The SMILES string of the molecule is [Li][CH2]CC1(c2ccc(F)c(F)c2)CCCCC1. The van der Waals surface area contributed by atoms with Crippen LogP contribution in [0.15, 0.2) is 18.2 Å². The van der Waals surface area contributed by atoms with Crippen LogP contribution in [0.25, 0.3) is 0 Å². The number of benzene rings is 1. The average molecular weight is 230 g/mol. The van der Waals surface area contributed by atoms with Gasteiger partial charge in [-0.3, -0.25) is 0 Å². The molecule has 0 unspecified atom stereocenters. The van der Waals surface area contributed by atoms with Gasteiger partial charge in [0.05, 0.1) is 0 Å². The number of hydrogen-bond acceptors (Lipinski definition) is 0. The van der Waals surface area contributed by atoms with Crippen LogP contribution >= 0.6 is 0 Å². The first-order chi connectivity index (χ1) is 8.18. The van der Waals surface area contributed by atoms with Crippen molar-refractivity contribution in [1.29, 1.82) is 0 Å². The molecular formula is C14H17F2Li. The van der Waals surface area contributed by atoms with E-state index < -0.39 is 11.6 Å². The Morgan fingerprint density at radius 1 is 1.06 bits per heavy atom. The summed E-state index contributed by atoms with van der Waals surface area (Å²) >= 11 is 2.16. The van der Waals surface area contributed by atoms with E-state index in [9.17, 15) is 8.78 Å². The van der Waals surface area contributed by atoms with Gasteiger partial charge in [0.1, 0.15) is 0 Å². The van der Waals surface area contributed by atoms with Gasteiger partial charge in [-0.15, -0.1) is 0 Å². The van der Waals surface area contributed by atoms with Gasteiger partial charge in [-0.25, -0.2) is 0 Å². The fourth-order valence-corrected chi connectivity index (χ4v) is 3.22. The monoisotopic (exact) mass is 230 g/mol. The molecule has 0 bridgehead atoms. The quantitative estimate of drug-likeness (QED) is 0.684. The summed E-state index contributed by atoms with van der Waals surface area (Å²) < 4.78 is 26.4. The van der Waals surface area contributed by atoms with Gasteiger partial charge < -0.3 is 0 Å². The van der Waals surface area contributed by atoms with Crippen LogP contribution in [-0.2, 0) is 5.41 Å². The van der Waals surface area contributed by atoms with E-state index >= 15 is 0 Å². The van der Waals surface area contributed by atoms with E-state index in [4.69, 9.17) is 0 Å². The first kappa shape index (κ1) is 13.1. The Bertz CT molecular complexity index is 378. The van der Waals surface area contributed by atoms with E-state index in [0.29, 0.717) is 0 Å². The first-order valence-electron chi connectivity index (χ1n) is 6.63. The average Bonchev–Trinajstić information content (AvgIpc) is 2.34. The van der Waals surface area contributed by atoms with Gasteiger partial charge in [0, 0.05) is 0 Å². The van der Waals surface area contributed by atoms with Crippen LogP contribution < -0.4 is 0 Å². The molecule has 0 amide bonds. The zero-order chi connectivity index (χ0) is 12.3. The molecule has 0 nitrogen and oxygen atoms in total. The molecule has 0 N–H and O–H groups in total. The predicted molar refractivity (Wildman–Crippen MR) is 66.3 cm³/mol. The van der Waals surface area contributed by atoms with Gasteiger partial charge >= 0.3 is 111 Å². The molecule has 1 aliphatic rings. The van der Waals surface area contributed by atoms with E-state index in [-0.39, 0.29) is 5.41 Å². The fraction of sp³-hybridized carbons (Fsp3) is 0.571. The van der Waals surface area contributed by atoms with E-state index in [1.807, 2.05) is 0 Å². The normalized spacial score (nSPS) is 19.3. The summed E-state index contributed by atoms with van der Waals surface area (Å²) in [6.45, 7) is 0. The molecule has 0 heterocycles. The maximum atomic E-state index is 13.4. The van der Waals surface area contributed by atoms with E-state index in [1.165, 1.54) is 31.4 Å². The van der Waals surface area contributed by atoms with Crippen LogP contribution in [-0.4, -0.2) is 17.7 Å². The van der Waals surface area contributed by atoms with Crippen molar-refractivity contribution in [2.45, 2.75) is 49.0 Å². The van der Waals surface area contributed by atoms with Crippen LogP contribution in [0.3, 0.4) is 0 Å². The zero-order valence-electron chi connectivity index (χ0n) is 10.4. The molecule has 1 fully saturated rings. The van der Waals surface area contributed by atoms with Gasteiger partial charge in [-0.2, -0.15) is 0 Å². The third-order valence-electron chi connectivity index (χ3n) is 4.07. The molecule has 2 rings (SSSR count). The summed E-state index contributed by atoms with van der Waals surface area (Å²) in [6.07, 6.45) is 7.00. The summed E-state index contributed by atoms with van der Waals surface area (Å²) in [7, 11) is 0. The van der Waals surface area contributed by atoms with Crippen molar-refractivity contribution >= 4 is 17.7 Å². The van der Waals surface area contributed by atoms with Crippen LogP contribution in [0.1, 0.15) is 44.1 Å². The van der Waals surface area contributed by atoms with E-state index in [1.54, 1.807) is 6.07 Å². The van der Waals surface area contributed by atoms with Crippen molar-refractivity contribution in [2.75, 3.05) is 0 Å². The summed E-state index contributed by atoms with van der Waals surface area (Å²) in [5.41, 5.74) is 1.10. The van der Waals surface area contributed by atoms with E-state index in [2.05, 4.69) is 17.7 Å². The Morgan fingerprint density at radius 3 is 2.35 bits per heavy atom. The second-order valence-corrected chi connectivity index (χ2v) is 5.22. The van der Waals surface area contributed by atoms with Crippen molar-refractivity contribution in [3.63, 3.8) is 0 Å². The molecule has 1 aromatic carbocycles. The van der Waals surface area contributed by atoms with Crippen LogP contribution in [0.2, 0.25) is 5.09 Å². The molecular weight excluding hydrogens is 213 g/mol. The topological polar surface area (TPSA) is 0 Å². The predicted octanol–water partition coefficient (Wildman–Crippen LogP) is 4.14. The van der Waals surface area contributed by atoms with Gasteiger partial charge in [-0.1, -0.05) is 0 Å². The van der Waals surface area contributed by atoms with Gasteiger partial charge in [-0.05, 0) is 0 Å². The Kier molecular flexibility index (Phi) is 4.28. The van der Waals surface area contributed by atoms with Crippen molar-refractivity contribution in [1.82, 2.24) is 0 Å². The van der Waals surface area contributed by atoms with Crippen molar-refractivity contribution < 1.29 is 8.78 Å². The second kappa shape index (κ2) is 5.55. The third kappa shape index (κ3) is 2.75. The standard InChI is InChI=1S/C14H17F2.Li/c1-2-14(8-4-3-5-9-14)11-6-7-12(15)13(16)10-11;/h6-7,10H,1-5,8-9H2;. The molecule has 0 spiro atoms. The van der Waals surface area contributed by atoms with Crippen LogP contribution in [0, 0.1) is 11.6 Å². The molecule has 0 aromatic heterocycles. The molecule has 1 aliphatic carbocycles. The molecule has 17 heavy (non-hydrogen) atoms. The maximum absolute atomic E-state index is 13.4. The fourth-order valence-electron chi connectivity index (χ4n) is 3.22. The molecule has 3 heteroatoms. The van der Waals surface area contributed by atoms with Gasteiger partial charge in [0.15, 0.2) is 0 Å². The van der Waals surface area contributed by atoms with Crippen molar-refractivity contribution in [2.24, 2.45) is 0 Å².